The number of likely N-dealkylation sites (tertiary alicyclic amines) is 1. The number of piperidine rings is 1. The van der Waals surface area contributed by atoms with Gasteiger partial charge >= 0.3 is 0 Å². The molecule has 1 aliphatic heterocycles. The number of hydrogen-bond acceptors (Lipinski definition) is 3. The van der Waals surface area contributed by atoms with Crippen molar-refractivity contribution in [1.82, 2.24) is 4.90 Å². The molecular weight excluding hydrogens is 254 g/mol. The minimum atomic E-state index is 0.0660. The number of phenolic OH excluding ortho intramolecular Hbond substituents is 1. The van der Waals surface area contributed by atoms with Gasteiger partial charge in [0.2, 0.25) is 5.91 Å². The van der Waals surface area contributed by atoms with Crippen LogP contribution < -0.4 is 0 Å². The number of amides is 1. The van der Waals surface area contributed by atoms with Crippen LogP contribution in [-0.4, -0.2) is 41.7 Å². The van der Waals surface area contributed by atoms with Crippen LogP contribution in [0.5, 0.6) is 5.75 Å². The zero-order valence-corrected chi connectivity index (χ0v) is 12.0. The highest BCUT2D eigenvalue weighted by Crippen LogP contribution is 2.19. The molecule has 1 heterocycles. The molecule has 1 aromatic rings. The van der Waals surface area contributed by atoms with E-state index in [4.69, 9.17) is 4.74 Å². The van der Waals surface area contributed by atoms with Crippen molar-refractivity contribution in [3.63, 3.8) is 0 Å². The van der Waals surface area contributed by atoms with Crippen LogP contribution in [0.2, 0.25) is 0 Å². The third-order valence-corrected chi connectivity index (χ3v) is 3.62. The van der Waals surface area contributed by atoms with Crippen LogP contribution in [0, 0.1) is 0 Å². The van der Waals surface area contributed by atoms with Gasteiger partial charge in [0.05, 0.1) is 12.5 Å². The molecule has 0 spiro atoms. The first-order valence-electron chi connectivity index (χ1n) is 7.37. The summed E-state index contributed by atoms with van der Waals surface area (Å²) < 4.78 is 5.74. The largest absolute Gasteiger partial charge is 0.508 e. The van der Waals surface area contributed by atoms with Gasteiger partial charge in [-0.05, 0) is 25.3 Å². The second kappa shape index (κ2) is 7.29. The molecule has 1 aromatic carbocycles. The Morgan fingerprint density at radius 3 is 3.00 bits per heavy atom. The Kier molecular flexibility index (Phi) is 5.41. The summed E-state index contributed by atoms with van der Waals surface area (Å²) in [6, 6.07) is 7.01. The van der Waals surface area contributed by atoms with Gasteiger partial charge in [0.1, 0.15) is 5.75 Å². The molecule has 1 unspecified atom stereocenters. The van der Waals surface area contributed by atoms with E-state index in [-0.39, 0.29) is 24.2 Å². The number of carbonyl (C=O) groups excluding carboxylic acids is 1. The minimum absolute atomic E-state index is 0.0660. The molecule has 1 saturated heterocycles. The van der Waals surface area contributed by atoms with Gasteiger partial charge in [0, 0.05) is 25.3 Å². The molecule has 110 valence electrons. The fourth-order valence-corrected chi connectivity index (χ4v) is 2.52. The molecule has 0 saturated carbocycles. The van der Waals surface area contributed by atoms with Crippen LogP contribution >= 0.6 is 0 Å². The predicted molar refractivity (Wildman–Crippen MR) is 77.7 cm³/mol. The monoisotopic (exact) mass is 277 g/mol. The van der Waals surface area contributed by atoms with E-state index in [0.717, 1.165) is 32.4 Å². The summed E-state index contributed by atoms with van der Waals surface area (Å²) in [6.45, 7) is 4.31. The topological polar surface area (TPSA) is 49.8 Å². The summed E-state index contributed by atoms with van der Waals surface area (Å²) in [5.41, 5.74) is 0.689. The molecule has 2 rings (SSSR count). The maximum atomic E-state index is 12.3. The van der Waals surface area contributed by atoms with Crippen molar-refractivity contribution in [2.24, 2.45) is 0 Å². The predicted octanol–water partition coefficient (Wildman–Crippen LogP) is 2.35. The molecule has 1 amide bonds. The lowest BCUT2D eigenvalue weighted by Gasteiger charge is -2.32. The van der Waals surface area contributed by atoms with E-state index in [1.165, 1.54) is 0 Å². The van der Waals surface area contributed by atoms with Crippen LogP contribution in [0.25, 0.3) is 0 Å². The normalized spacial score (nSPS) is 19.1. The Hall–Kier alpha value is -1.55. The first-order chi connectivity index (χ1) is 9.70. The summed E-state index contributed by atoms with van der Waals surface area (Å²) >= 11 is 0. The Balaban J connectivity index is 1.90. The number of nitrogens with zero attached hydrogens (tertiary/aromatic N) is 1. The molecule has 0 aromatic heterocycles. The lowest BCUT2D eigenvalue weighted by molar-refractivity contribution is -0.134. The van der Waals surface area contributed by atoms with E-state index in [1.807, 2.05) is 11.0 Å². The van der Waals surface area contributed by atoms with E-state index < -0.39 is 0 Å². The quantitative estimate of drug-likeness (QED) is 0.899. The van der Waals surface area contributed by atoms with Gasteiger partial charge in [-0.15, -0.1) is 0 Å². The molecule has 1 N–H and O–H groups in total. The summed E-state index contributed by atoms with van der Waals surface area (Å²) in [5, 5.41) is 9.73. The Labute approximate surface area is 120 Å². The summed E-state index contributed by atoms with van der Waals surface area (Å²) in [7, 11) is 0. The minimum Gasteiger partial charge on any atom is -0.508 e. The number of benzene rings is 1. The Morgan fingerprint density at radius 2 is 2.25 bits per heavy atom. The van der Waals surface area contributed by atoms with Gasteiger partial charge in [-0.3, -0.25) is 4.79 Å². The van der Waals surface area contributed by atoms with Crippen molar-refractivity contribution in [2.75, 3.05) is 19.7 Å². The number of phenols is 1. The van der Waals surface area contributed by atoms with Crippen molar-refractivity contribution in [1.29, 1.82) is 0 Å². The molecular formula is C16H23NO3. The highest BCUT2D eigenvalue weighted by molar-refractivity contribution is 5.79. The number of carbonyl (C=O) groups is 1. The highest BCUT2D eigenvalue weighted by Gasteiger charge is 2.24. The van der Waals surface area contributed by atoms with E-state index in [2.05, 4.69) is 6.92 Å². The second-order valence-electron chi connectivity index (χ2n) is 5.28. The van der Waals surface area contributed by atoms with Crippen LogP contribution in [0.15, 0.2) is 24.3 Å². The van der Waals surface area contributed by atoms with Gasteiger partial charge in [0.25, 0.3) is 0 Å². The summed E-state index contributed by atoms with van der Waals surface area (Å²) in [4.78, 5) is 14.2. The molecule has 0 bridgehead atoms. The Bertz CT molecular complexity index is 447. The van der Waals surface area contributed by atoms with Crippen molar-refractivity contribution in [2.45, 2.75) is 38.7 Å². The van der Waals surface area contributed by atoms with Gasteiger partial charge in [0.15, 0.2) is 0 Å². The van der Waals surface area contributed by atoms with E-state index in [0.29, 0.717) is 12.1 Å². The fraction of sp³-hybridized carbons (Fsp3) is 0.562. The number of aromatic hydroxyl groups is 1. The third-order valence-electron chi connectivity index (χ3n) is 3.62. The number of para-hydroxylation sites is 1. The zero-order chi connectivity index (χ0) is 14.4. The average molecular weight is 277 g/mol. The maximum absolute atomic E-state index is 12.3. The van der Waals surface area contributed by atoms with Crippen molar-refractivity contribution < 1.29 is 14.6 Å². The second-order valence-corrected chi connectivity index (χ2v) is 5.28. The standard InChI is InChI=1S/C16H23NO3/c1-2-10-20-14-7-5-9-17(12-14)16(19)11-13-6-3-4-8-15(13)18/h3-4,6,8,14,18H,2,5,7,9-12H2,1H3. The Morgan fingerprint density at radius 1 is 1.45 bits per heavy atom. The van der Waals surface area contributed by atoms with Crippen LogP contribution in [0.1, 0.15) is 31.7 Å². The number of rotatable bonds is 5. The van der Waals surface area contributed by atoms with Crippen molar-refractivity contribution >= 4 is 5.91 Å². The van der Waals surface area contributed by atoms with Gasteiger partial charge in [-0.25, -0.2) is 0 Å². The smallest absolute Gasteiger partial charge is 0.227 e. The highest BCUT2D eigenvalue weighted by atomic mass is 16.5. The fourth-order valence-electron chi connectivity index (χ4n) is 2.52. The van der Waals surface area contributed by atoms with Gasteiger partial charge < -0.3 is 14.7 Å². The van der Waals surface area contributed by atoms with Crippen molar-refractivity contribution in [3.05, 3.63) is 29.8 Å². The SMILES string of the molecule is CCCOC1CCCN(C(=O)Cc2ccccc2O)C1. The molecule has 4 nitrogen and oxygen atoms in total. The van der Waals surface area contributed by atoms with E-state index in [1.54, 1.807) is 18.2 Å². The summed E-state index contributed by atoms with van der Waals surface area (Å²) in [5.74, 6) is 0.257. The number of hydrogen-bond donors (Lipinski definition) is 1. The molecule has 0 aliphatic carbocycles. The molecule has 1 atom stereocenters. The zero-order valence-electron chi connectivity index (χ0n) is 12.0. The average Bonchev–Trinajstić information content (AvgIpc) is 2.48. The number of ether oxygens (including phenoxy) is 1. The van der Waals surface area contributed by atoms with Crippen LogP contribution in [0.3, 0.4) is 0 Å². The van der Waals surface area contributed by atoms with E-state index >= 15 is 0 Å². The lowest BCUT2D eigenvalue weighted by atomic mass is 10.1. The van der Waals surface area contributed by atoms with Crippen LogP contribution in [0.4, 0.5) is 0 Å². The third kappa shape index (κ3) is 3.97. The lowest BCUT2D eigenvalue weighted by Crippen LogP contribution is -2.44. The van der Waals surface area contributed by atoms with Gasteiger partial charge in [-0.2, -0.15) is 0 Å². The van der Waals surface area contributed by atoms with Crippen LogP contribution in [-0.2, 0) is 16.0 Å². The van der Waals surface area contributed by atoms with Gasteiger partial charge in [-0.1, -0.05) is 25.1 Å². The molecule has 1 fully saturated rings. The first-order valence-corrected chi connectivity index (χ1v) is 7.37. The molecule has 0 radical (unpaired) electrons. The maximum Gasteiger partial charge on any atom is 0.227 e. The first kappa shape index (κ1) is 14.9. The van der Waals surface area contributed by atoms with Crippen molar-refractivity contribution in [3.8, 4) is 5.75 Å². The summed E-state index contributed by atoms with van der Waals surface area (Å²) in [6.07, 6.45) is 3.44. The molecule has 4 heteroatoms. The van der Waals surface area contributed by atoms with E-state index in [9.17, 15) is 9.90 Å². The molecule has 20 heavy (non-hydrogen) atoms. The molecule has 1 aliphatic rings.